The van der Waals surface area contributed by atoms with Gasteiger partial charge in [0.2, 0.25) is 5.13 Å². The van der Waals surface area contributed by atoms with Crippen molar-refractivity contribution in [3.8, 4) is 0 Å². The van der Waals surface area contributed by atoms with Crippen LogP contribution in [0.1, 0.15) is 26.6 Å². The number of rotatable bonds is 2. The molecule has 0 unspecified atom stereocenters. The maximum absolute atomic E-state index is 4.54. The van der Waals surface area contributed by atoms with Gasteiger partial charge in [0.05, 0.1) is 0 Å². The molecule has 0 saturated carbocycles. The summed E-state index contributed by atoms with van der Waals surface area (Å²) >= 11 is 1.44. The molecule has 0 radical (unpaired) electrons. The van der Waals surface area contributed by atoms with E-state index in [1.807, 2.05) is 0 Å². The molecule has 17 heavy (non-hydrogen) atoms. The average molecular weight is 255 g/mol. The Balaban J connectivity index is 1.93. The molecule has 6 heteroatoms. The number of aromatic nitrogens is 2. The maximum Gasteiger partial charge on any atom is 0.217 e. The van der Waals surface area contributed by atoms with Crippen LogP contribution in [0.25, 0.3) is 0 Å². The molecule has 0 bridgehead atoms. The third kappa shape index (κ3) is 3.37. The van der Waals surface area contributed by atoms with Crippen LogP contribution < -0.4 is 5.43 Å². The van der Waals surface area contributed by atoms with Crippen molar-refractivity contribution >= 4 is 16.7 Å². The topological polar surface area (TPSA) is 44.3 Å². The van der Waals surface area contributed by atoms with E-state index < -0.39 is 0 Å². The van der Waals surface area contributed by atoms with Crippen LogP contribution in [0.3, 0.4) is 0 Å². The first kappa shape index (κ1) is 12.7. The van der Waals surface area contributed by atoms with Crippen LogP contribution in [-0.2, 0) is 5.41 Å². The first-order valence-corrected chi connectivity index (χ1v) is 6.77. The van der Waals surface area contributed by atoms with Crippen molar-refractivity contribution in [2.24, 2.45) is 0 Å². The number of nitrogens with zero attached hydrogens (tertiary/aromatic N) is 4. The zero-order valence-corrected chi connectivity index (χ0v) is 11.8. The minimum absolute atomic E-state index is 0.0263. The zero-order valence-electron chi connectivity index (χ0n) is 11.0. The molecule has 1 aliphatic heterocycles. The second kappa shape index (κ2) is 4.88. The Morgan fingerprint density at radius 3 is 2.35 bits per heavy atom. The van der Waals surface area contributed by atoms with Crippen LogP contribution >= 0.6 is 11.5 Å². The summed E-state index contributed by atoms with van der Waals surface area (Å²) in [6.07, 6.45) is 0. The first-order chi connectivity index (χ1) is 7.95. The number of nitrogens with one attached hydrogen (secondary N) is 1. The molecule has 0 amide bonds. The summed E-state index contributed by atoms with van der Waals surface area (Å²) in [4.78, 5) is 6.87. The highest BCUT2D eigenvalue weighted by atomic mass is 32.1. The lowest BCUT2D eigenvalue weighted by Gasteiger charge is -2.32. The first-order valence-electron chi connectivity index (χ1n) is 5.99. The van der Waals surface area contributed by atoms with Gasteiger partial charge in [-0.1, -0.05) is 20.8 Å². The Morgan fingerprint density at radius 1 is 1.18 bits per heavy atom. The molecule has 2 rings (SSSR count). The smallest absolute Gasteiger partial charge is 0.217 e. The minimum atomic E-state index is 0.0263. The third-order valence-electron chi connectivity index (χ3n) is 2.85. The number of hydrogen-bond acceptors (Lipinski definition) is 6. The van der Waals surface area contributed by atoms with E-state index in [1.54, 1.807) is 0 Å². The van der Waals surface area contributed by atoms with E-state index in [2.05, 4.69) is 52.5 Å². The molecule has 0 spiro atoms. The zero-order chi connectivity index (χ0) is 12.5. The Hall–Kier alpha value is -0.720. The molecule has 5 nitrogen and oxygen atoms in total. The van der Waals surface area contributed by atoms with Crippen LogP contribution in [0, 0.1) is 0 Å². The number of anilines is 1. The van der Waals surface area contributed by atoms with E-state index in [-0.39, 0.29) is 5.41 Å². The standard InChI is InChI=1S/C11H21N5S/c1-11(2,3)9-12-10(17-14-9)13-16-7-5-15(4)6-8-16/h5-8H2,1-4H3,(H,12,13,14). The van der Waals surface area contributed by atoms with Crippen molar-refractivity contribution < 1.29 is 0 Å². The van der Waals surface area contributed by atoms with Gasteiger partial charge < -0.3 is 4.90 Å². The summed E-state index contributed by atoms with van der Waals surface area (Å²) in [5.74, 6) is 0.916. The van der Waals surface area contributed by atoms with Crippen molar-refractivity contribution in [2.75, 3.05) is 38.7 Å². The molecule has 0 atom stereocenters. The molecule has 0 aliphatic carbocycles. The van der Waals surface area contributed by atoms with Gasteiger partial charge in [-0.25, -0.2) is 9.99 Å². The lowest BCUT2D eigenvalue weighted by molar-refractivity contribution is 0.179. The van der Waals surface area contributed by atoms with Gasteiger partial charge in [0, 0.05) is 43.1 Å². The van der Waals surface area contributed by atoms with Crippen LogP contribution in [0.15, 0.2) is 0 Å². The molecule has 1 aromatic rings. The normalized spacial score (nSPS) is 19.5. The van der Waals surface area contributed by atoms with E-state index in [1.165, 1.54) is 11.5 Å². The summed E-state index contributed by atoms with van der Waals surface area (Å²) in [5, 5.41) is 3.12. The summed E-state index contributed by atoms with van der Waals surface area (Å²) in [6, 6.07) is 0. The van der Waals surface area contributed by atoms with E-state index in [0.717, 1.165) is 37.1 Å². The lowest BCUT2D eigenvalue weighted by Crippen LogP contribution is -2.46. The largest absolute Gasteiger partial charge is 0.304 e. The highest BCUT2D eigenvalue weighted by Gasteiger charge is 2.21. The average Bonchev–Trinajstić information content (AvgIpc) is 2.69. The van der Waals surface area contributed by atoms with Gasteiger partial charge in [0.25, 0.3) is 0 Å². The summed E-state index contributed by atoms with van der Waals surface area (Å²) in [6.45, 7) is 10.6. The minimum Gasteiger partial charge on any atom is -0.304 e. The van der Waals surface area contributed by atoms with Gasteiger partial charge in [-0.05, 0) is 7.05 Å². The van der Waals surface area contributed by atoms with Crippen LogP contribution in [0.4, 0.5) is 5.13 Å². The summed E-state index contributed by atoms with van der Waals surface area (Å²) < 4.78 is 4.40. The van der Waals surface area contributed by atoms with Crippen molar-refractivity contribution in [2.45, 2.75) is 26.2 Å². The molecular formula is C11H21N5S. The molecule has 1 N–H and O–H groups in total. The number of piperazine rings is 1. The molecule has 0 aromatic carbocycles. The van der Waals surface area contributed by atoms with Crippen LogP contribution in [0.2, 0.25) is 0 Å². The van der Waals surface area contributed by atoms with Crippen molar-refractivity contribution in [1.82, 2.24) is 19.3 Å². The fraction of sp³-hybridized carbons (Fsp3) is 0.818. The Labute approximate surface area is 107 Å². The molecule has 1 aromatic heterocycles. The number of likely N-dealkylation sites (N-methyl/N-ethyl adjacent to an activating group) is 1. The molecule has 1 aliphatic rings. The fourth-order valence-corrected chi connectivity index (χ4v) is 2.41. The Kier molecular flexibility index (Phi) is 3.65. The highest BCUT2D eigenvalue weighted by Crippen LogP contribution is 2.23. The predicted octanol–water partition coefficient (Wildman–Crippen LogP) is 1.41. The van der Waals surface area contributed by atoms with E-state index in [9.17, 15) is 0 Å². The van der Waals surface area contributed by atoms with E-state index in [0.29, 0.717) is 0 Å². The van der Waals surface area contributed by atoms with Gasteiger partial charge in [0.15, 0.2) is 0 Å². The summed E-state index contributed by atoms with van der Waals surface area (Å²) in [5.41, 5.74) is 3.37. The fourth-order valence-electron chi connectivity index (χ4n) is 1.63. The van der Waals surface area contributed by atoms with Gasteiger partial charge in [-0.3, -0.25) is 5.43 Å². The molecule has 1 saturated heterocycles. The number of hydrogen-bond donors (Lipinski definition) is 1. The highest BCUT2D eigenvalue weighted by molar-refractivity contribution is 7.09. The predicted molar refractivity (Wildman–Crippen MR) is 71.3 cm³/mol. The van der Waals surface area contributed by atoms with E-state index >= 15 is 0 Å². The maximum atomic E-state index is 4.54. The molecular weight excluding hydrogens is 234 g/mol. The SMILES string of the molecule is CN1CCN(Nc2nc(C(C)(C)C)ns2)CC1. The second-order valence-corrected chi connectivity index (χ2v) is 6.33. The monoisotopic (exact) mass is 255 g/mol. The lowest BCUT2D eigenvalue weighted by atomic mass is 9.96. The van der Waals surface area contributed by atoms with Crippen LogP contribution in [0.5, 0.6) is 0 Å². The van der Waals surface area contributed by atoms with Crippen molar-refractivity contribution in [1.29, 1.82) is 0 Å². The molecule has 96 valence electrons. The van der Waals surface area contributed by atoms with Crippen LogP contribution in [-0.4, -0.2) is 52.5 Å². The number of hydrazine groups is 1. The van der Waals surface area contributed by atoms with Gasteiger partial charge in [-0.15, -0.1) is 0 Å². The Bertz CT molecular complexity index is 362. The summed E-state index contributed by atoms with van der Waals surface area (Å²) in [7, 11) is 2.15. The third-order valence-corrected chi connectivity index (χ3v) is 3.47. The van der Waals surface area contributed by atoms with Crippen molar-refractivity contribution in [3.63, 3.8) is 0 Å². The van der Waals surface area contributed by atoms with E-state index in [4.69, 9.17) is 0 Å². The van der Waals surface area contributed by atoms with Gasteiger partial charge in [0.1, 0.15) is 5.82 Å². The van der Waals surface area contributed by atoms with Crippen molar-refractivity contribution in [3.05, 3.63) is 5.82 Å². The molecule has 2 heterocycles. The van der Waals surface area contributed by atoms with Gasteiger partial charge in [-0.2, -0.15) is 4.37 Å². The molecule has 1 fully saturated rings. The van der Waals surface area contributed by atoms with Gasteiger partial charge >= 0.3 is 0 Å². The quantitative estimate of drug-likeness (QED) is 0.865. The second-order valence-electron chi connectivity index (χ2n) is 5.58. The Morgan fingerprint density at radius 2 is 1.82 bits per heavy atom.